The van der Waals surface area contributed by atoms with Crippen molar-refractivity contribution in [3.63, 3.8) is 0 Å². The van der Waals surface area contributed by atoms with E-state index in [1.165, 1.54) is 0 Å². The number of carbonyl (C=O) groups is 1. The Bertz CT molecular complexity index is 477. The van der Waals surface area contributed by atoms with Gasteiger partial charge in [0.1, 0.15) is 0 Å². The first kappa shape index (κ1) is 16.9. The van der Waals surface area contributed by atoms with Gasteiger partial charge in [0, 0.05) is 45.0 Å². The summed E-state index contributed by atoms with van der Waals surface area (Å²) in [5.41, 5.74) is 3.16. The number of aryl methyl sites for hydroxylation is 2. The van der Waals surface area contributed by atoms with Crippen molar-refractivity contribution in [3.8, 4) is 0 Å². The Morgan fingerprint density at radius 1 is 1.27 bits per heavy atom. The lowest BCUT2D eigenvalue weighted by atomic mass is 10.1. The minimum absolute atomic E-state index is 0.0558. The summed E-state index contributed by atoms with van der Waals surface area (Å²) < 4.78 is 0. The van der Waals surface area contributed by atoms with Crippen molar-refractivity contribution in [1.29, 1.82) is 0 Å². The number of amides is 1. The van der Waals surface area contributed by atoms with Gasteiger partial charge in [-0.2, -0.15) is 0 Å². The van der Waals surface area contributed by atoms with Crippen LogP contribution in [0.2, 0.25) is 0 Å². The van der Waals surface area contributed by atoms with Gasteiger partial charge in [-0.3, -0.25) is 14.6 Å². The fourth-order valence-electron chi connectivity index (χ4n) is 2.76. The van der Waals surface area contributed by atoms with E-state index in [1.807, 2.05) is 39.1 Å². The van der Waals surface area contributed by atoms with Crippen molar-refractivity contribution in [1.82, 2.24) is 15.1 Å². The van der Waals surface area contributed by atoms with Gasteiger partial charge in [-0.05, 0) is 32.0 Å². The van der Waals surface area contributed by atoms with E-state index >= 15 is 0 Å². The maximum atomic E-state index is 12.2. The molecule has 1 fully saturated rings. The first-order valence-corrected chi connectivity index (χ1v) is 8.04. The third-order valence-electron chi connectivity index (χ3n) is 4.17. The molecule has 1 amide bonds. The SMILES string of the molecule is Cc1cccc(C)c1NC(=O)CN(C)CCN1CCNCC1. The average molecular weight is 304 g/mol. The molecule has 1 aromatic rings. The van der Waals surface area contributed by atoms with Crippen LogP contribution in [0.25, 0.3) is 0 Å². The Kier molecular flexibility index (Phi) is 6.36. The zero-order valence-corrected chi connectivity index (χ0v) is 14.0. The zero-order chi connectivity index (χ0) is 15.9. The molecule has 0 aromatic heterocycles. The number of hydrogen-bond donors (Lipinski definition) is 2. The minimum Gasteiger partial charge on any atom is -0.324 e. The van der Waals surface area contributed by atoms with Gasteiger partial charge in [0.25, 0.3) is 0 Å². The monoisotopic (exact) mass is 304 g/mol. The highest BCUT2D eigenvalue weighted by atomic mass is 16.2. The summed E-state index contributed by atoms with van der Waals surface area (Å²) in [5.74, 6) is 0.0558. The Labute approximate surface area is 133 Å². The van der Waals surface area contributed by atoms with Gasteiger partial charge in [0.2, 0.25) is 5.91 Å². The molecular weight excluding hydrogens is 276 g/mol. The number of likely N-dealkylation sites (N-methyl/N-ethyl adjacent to an activating group) is 1. The van der Waals surface area contributed by atoms with E-state index < -0.39 is 0 Å². The standard InChI is InChI=1S/C17H28N4O/c1-14-5-4-6-15(2)17(14)19-16(22)13-20(3)11-12-21-9-7-18-8-10-21/h4-6,18H,7-13H2,1-3H3,(H,19,22). The summed E-state index contributed by atoms with van der Waals surface area (Å²) in [6, 6.07) is 6.06. The van der Waals surface area contributed by atoms with Crippen LogP contribution in [-0.4, -0.2) is 68.6 Å². The van der Waals surface area contributed by atoms with E-state index in [2.05, 4.69) is 20.4 Å². The molecule has 22 heavy (non-hydrogen) atoms. The van der Waals surface area contributed by atoms with Gasteiger partial charge in [-0.15, -0.1) is 0 Å². The molecule has 0 saturated carbocycles. The van der Waals surface area contributed by atoms with E-state index in [0.29, 0.717) is 6.54 Å². The number of hydrogen-bond acceptors (Lipinski definition) is 4. The second-order valence-electron chi connectivity index (χ2n) is 6.14. The van der Waals surface area contributed by atoms with Gasteiger partial charge in [-0.1, -0.05) is 18.2 Å². The molecule has 5 nitrogen and oxygen atoms in total. The van der Waals surface area contributed by atoms with Crippen LogP contribution >= 0.6 is 0 Å². The lowest BCUT2D eigenvalue weighted by molar-refractivity contribution is -0.117. The third kappa shape index (κ3) is 5.09. The quantitative estimate of drug-likeness (QED) is 0.826. The van der Waals surface area contributed by atoms with E-state index in [-0.39, 0.29) is 5.91 Å². The van der Waals surface area contributed by atoms with Crippen LogP contribution in [0.15, 0.2) is 18.2 Å². The summed E-state index contributed by atoms with van der Waals surface area (Å²) in [4.78, 5) is 16.7. The molecule has 1 saturated heterocycles. The van der Waals surface area contributed by atoms with E-state index in [0.717, 1.165) is 56.1 Å². The van der Waals surface area contributed by atoms with Crippen LogP contribution < -0.4 is 10.6 Å². The molecule has 5 heteroatoms. The highest BCUT2D eigenvalue weighted by molar-refractivity contribution is 5.93. The summed E-state index contributed by atoms with van der Waals surface area (Å²) >= 11 is 0. The molecule has 2 N–H and O–H groups in total. The Balaban J connectivity index is 1.76. The van der Waals surface area contributed by atoms with Crippen molar-refractivity contribution in [2.24, 2.45) is 0 Å². The molecule has 0 unspecified atom stereocenters. The first-order valence-electron chi connectivity index (χ1n) is 8.04. The Morgan fingerprint density at radius 3 is 2.55 bits per heavy atom. The van der Waals surface area contributed by atoms with E-state index in [4.69, 9.17) is 0 Å². The van der Waals surface area contributed by atoms with Crippen LogP contribution in [0.4, 0.5) is 5.69 Å². The van der Waals surface area contributed by atoms with Crippen molar-refractivity contribution < 1.29 is 4.79 Å². The smallest absolute Gasteiger partial charge is 0.238 e. The molecule has 1 aliphatic rings. The second-order valence-corrected chi connectivity index (χ2v) is 6.14. The molecule has 2 rings (SSSR count). The molecule has 1 aromatic carbocycles. The summed E-state index contributed by atoms with van der Waals surface area (Å²) in [6.45, 7) is 10.8. The van der Waals surface area contributed by atoms with Crippen LogP contribution in [0.3, 0.4) is 0 Å². The lowest BCUT2D eigenvalue weighted by Crippen LogP contribution is -2.46. The molecule has 0 atom stereocenters. The number of para-hydroxylation sites is 1. The number of nitrogens with zero attached hydrogens (tertiary/aromatic N) is 2. The van der Waals surface area contributed by atoms with E-state index in [1.54, 1.807) is 0 Å². The van der Waals surface area contributed by atoms with Gasteiger partial charge in [0.05, 0.1) is 6.54 Å². The lowest BCUT2D eigenvalue weighted by Gasteiger charge is -2.29. The molecule has 0 aliphatic carbocycles. The van der Waals surface area contributed by atoms with Crippen LogP contribution in [0, 0.1) is 13.8 Å². The van der Waals surface area contributed by atoms with Crippen molar-refractivity contribution >= 4 is 11.6 Å². The van der Waals surface area contributed by atoms with E-state index in [9.17, 15) is 4.79 Å². The highest BCUT2D eigenvalue weighted by Gasteiger charge is 2.13. The first-order chi connectivity index (χ1) is 10.6. The molecule has 1 heterocycles. The summed E-state index contributed by atoms with van der Waals surface area (Å²) in [7, 11) is 2.01. The van der Waals surface area contributed by atoms with Gasteiger partial charge in [0.15, 0.2) is 0 Å². The van der Waals surface area contributed by atoms with Crippen LogP contribution in [0.5, 0.6) is 0 Å². The van der Waals surface area contributed by atoms with Crippen LogP contribution in [-0.2, 0) is 4.79 Å². The minimum atomic E-state index is 0.0558. The normalized spacial score (nSPS) is 16.0. The summed E-state index contributed by atoms with van der Waals surface area (Å²) in [5, 5.41) is 6.40. The number of rotatable bonds is 6. The van der Waals surface area contributed by atoms with Crippen molar-refractivity contribution in [2.75, 3.05) is 58.2 Å². The van der Waals surface area contributed by atoms with Gasteiger partial charge < -0.3 is 10.6 Å². The largest absolute Gasteiger partial charge is 0.324 e. The predicted octanol–water partition coefficient (Wildman–Crippen LogP) is 1.08. The van der Waals surface area contributed by atoms with Crippen molar-refractivity contribution in [3.05, 3.63) is 29.3 Å². The zero-order valence-electron chi connectivity index (χ0n) is 14.0. The maximum absolute atomic E-state index is 12.2. The molecule has 0 spiro atoms. The van der Waals surface area contributed by atoms with Gasteiger partial charge >= 0.3 is 0 Å². The Hall–Kier alpha value is -1.43. The van der Waals surface area contributed by atoms with Gasteiger partial charge in [-0.25, -0.2) is 0 Å². The Morgan fingerprint density at radius 2 is 1.91 bits per heavy atom. The molecule has 122 valence electrons. The number of anilines is 1. The fraction of sp³-hybridized carbons (Fsp3) is 0.588. The number of carbonyl (C=O) groups excluding carboxylic acids is 1. The predicted molar refractivity (Wildman–Crippen MR) is 91.4 cm³/mol. The molecule has 1 aliphatic heterocycles. The van der Waals surface area contributed by atoms with Crippen LogP contribution in [0.1, 0.15) is 11.1 Å². The average Bonchev–Trinajstić information content (AvgIpc) is 2.50. The second kappa shape index (κ2) is 8.27. The molecule has 0 radical (unpaired) electrons. The highest BCUT2D eigenvalue weighted by Crippen LogP contribution is 2.19. The maximum Gasteiger partial charge on any atom is 0.238 e. The molecular formula is C17H28N4O. The summed E-state index contributed by atoms with van der Waals surface area (Å²) in [6.07, 6.45) is 0. The number of piperazine rings is 1. The fourth-order valence-corrected chi connectivity index (χ4v) is 2.76. The third-order valence-corrected chi connectivity index (χ3v) is 4.17. The number of nitrogens with one attached hydrogen (secondary N) is 2. The molecule has 0 bridgehead atoms. The van der Waals surface area contributed by atoms with Crippen molar-refractivity contribution in [2.45, 2.75) is 13.8 Å². The topological polar surface area (TPSA) is 47.6 Å². The number of benzene rings is 1.